The smallest absolute Gasteiger partial charge is 0.320 e. The van der Waals surface area contributed by atoms with Gasteiger partial charge in [0.1, 0.15) is 5.69 Å². The SMILES string of the molecule is Cc1ccccc1NC(=O)c1cc2cc(Br)ccc2n1NC(=O)C(=O)Nc1cccc(Cl)c1. The first-order chi connectivity index (χ1) is 15.8. The third kappa shape index (κ3) is 5.08. The number of nitrogens with zero attached hydrogens (tertiary/aromatic N) is 1. The molecule has 4 aromatic rings. The minimum absolute atomic E-state index is 0.162. The minimum Gasteiger partial charge on any atom is -0.320 e. The van der Waals surface area contributed by atoms with E-state index in [1.54, 1.807) is 42.5 Å². The first kappa shape index (κ1) is 22.6. The molecule has 0 fully saturated rings. The van der Waals surface area contributed by atoms with E-state index in [0.717, 1.165) is 10.0 Å². The first-order valence-corrected chi connectivity index (χ1v) is 11.0. The molecule has 33 heavy (non-hydrogen) atoms. The van der Waals surface area contributed by atoms with E-state index in [-0.39, 0.29) is 5.69 Å². The summed E-state index contributed by atoms with van der Waals surface area (Å²) in [6.45, 7) is 1.88. The molecule has 0 radical (unpaired) electrons. The maximum Gasteiger partial charge on any atom is 0.328 e. The number of aryl methyl sites for hydroxylation is 1. The molecular formula is C24H18BrClN4O3. The van der Waals surface area contributed by atoms with Crippen LogP contribution in [0.3, 0.4) is 0 Å². The van der Waals surface area contributed by atoms with Crippen LogP contribution in [0.25, 0.3) is 10.9 Å². The molecule has 0 saturated heterocycles. The van der Waals surface area contributed by atoms with Gasteiger partial charge in [-0.1, -0.05) is 51.8 Å². The Kier molecular flexibility index (Phi) is 6.48. The van der Waals surface area contributed by atoms with E-state index in [0.29, 0.717) is 27.3 Å². The summed E-state index contributed by atoms with van der Waals surface area (Å²) in [5, 5.41) is 6.47. The molecule has 0 saturated carbocycles. The van der Waals surface area contributed by atoms with Crippen LogP contribution in [0.1, 0.15) is 16.1 Å². The highest BCUT2D eigenvalue weighted by Gasteiger charge is 2.21. The van der Waals surface area contributed by atoms with Gasteiger partial charge < -0.3 is 10.6 Å². The number of amides is 3. The number of halogens is 2. The fourth-order valence-electron chi connectivity index (χ4n) is 3.28. The lowest BCUT2D eigenvalue weighted by Crippen LogP contribution is -2.36. The molecule has 0 aliphatic carbocycles. The highest BCUT2D eigenvalue weighted by Crippen LogP contribution is 2.24. The average molecular weight is 526 g/mol. The lowest BCUT2D eigenvalue weighted by molar-refractivity contribution is -0.133. The van der Waals surface area contributed by atoms with Crippen LogP contribution in [0.4, 0.5) is 11.4 Å². The van der Waals surface area contributed by atoms with Gasteiger partial charge in [0.05, 0.1) is 5.52 Å². The maximum absolute atomic E-state index is 13.1. The van der Waals surface area contributed by atoms with Crippen LogP contribution in [0, 0.1) is 6.92 Å². The molecule has 0 atom stereocenters. The standard InChI is InChI=1S/C24H18BrClN4O3/c1-14-5-2-3-8-19(14)28-22(31)21-12-15-11-16(25)9-10-20(15)30(21)29-24(33)23(32)27-18-7-4-6-17(26)13-18/h2-13H,1H3,(H,27,32)(H,28,31)(H,29,33). The summed E-state index contributed by atoms with van der Waals surface area (Å²) in [6.07, 6.45) is 0. The van der Waals surface area contributed by atoms with Gasteiger partial charge in [0.2, 0.25) is 0 Å². The fraction of sp³-hybridized carbons (Fsp3) is 0.0417. The normalized spacial score (nSPS) is 10.6. The van der Waals surface area contributed by atoms with E-state index in [2.05, 4.69) is 32.0 Å². The van der Waals surface area contributed by atoms with Crippen molar-refractivity contribution in [1.29, 1.82) is 0 Å². The molecule has 0 aliphatic heterocycles. The number of nitrogens with one attached hydrogen (secondary N) is 3. The quantitative estimate of drug-likeness (QED) is 0.315. The van der Waals surface area contributed by atoms with Crippen molar-refractivity contribution >= 4 is 67.5 Å². The predicted octanol–water partition coefficient (Wildman–Crippen LogP) is 5.33. The van der Waals surface area contributed by atoms with Crippen LogP contribution in [0.15, 0.2) is 77.3 Å². The summed E-state index contributed by atoms with van der Waals surface area (Å²) in [6, 6.07) is 20.8. The number of anilines is 2. The van der Waals surface area contributed by atoms with Crippen molar-refractivity contribution in [3.8, 4) is 0 Å². The Hall–Kier alpha value is -3.62. The number of hydrogen-bond donors (Lipinski definition) is 3. The van der Waals surface area contributed by atoms with Gasteiger partial charge in [-0.05, 0) is 61.0 Å². The molecule has 0 spiro atoms. The zero-order valence-electron chi connectivity index (χ0n) is 17.4. The molecule has 9 heteroatoms. The number of benzene rings is 3. The van der Waals surface area contributed by atoms with E-state index in [1.807, 2.05) is 31.2 Å². The average Bonchev–Trinajstić information content (AvgIpc) is 3.12. The van der Waals surface area contributed by atoms with Crippen LogP contribution in [0.5, 0.6) is 0 Å². The minimum atomic E-state index is -0.944. The van der Waals surface area contributed by atoms with E-state index in [1.165, 1.54) is 10.7 Å². The van der Waals surface area contributed by atoms with Gasteiger partial charge in [0.25, 0.3) is 5.91 Å². The molecule has 7 nitrogen and oxygen atoms in total. The molecule has 4 rings (SSSR count). The van der Waals surface area contributed by atoms with E-state index < -0.39 is 17.7 Å². The predicted molar refractivity (Wildman–Crippen MR) is 133 cm³/mol. The third-order valence-corrected chi connectivity index (χ3v) is 5.62. The third-order valence-electron chi connectivity index (χ3n) is 4.89. The topological polar surface area (TPSA) is 92.2 Å². The number of hydrogen-bond acceptors (Lipinski definition) is 3. The van der Waals surface area contributed by atoms with Crippen molar-refractivity contribution in [3.63, 3.8) is 0 Å². The van der Waals surface area contributed by atoms with E-state index in [4.69, 9.17) is 11.6 Å². The molecule has 166 valence electrons. The maximum atomic E-state index is 13.1. The number of para-hydroxylation sites is 1. The van der Waals surface area contributed by atoms with Gasteiger partial charge in [-0.2, -0.15) is 0 Å². The summed E-state index contributed by atoms with van der Waals surface area (Å²) < 4.78 is 2.11. The highest BCUT2D eigenvalue weighted by molar-refractivity contribution is 9.10. The fourth-order valence-corrected chi connectivity index (χ4v) is 3.85. The van der Waals surface area contributed by atoms with Gasteiger partial charge in [-0.25, -0.2) is 4.68 Å². The van der Waals surface area contributed by atoms with Crippen molar-refractivity contribution in [3.05, 3.63) is 93.5 Å². The number of carbonyl (C=O) groups excluding carboxylic acids is 3. The lowest BCUT2D eigenvalue weighted by Gasteiger charge is -2.13. The first-order valence-electron chi connectivity index (χ1n) is 9.88. The van der Waals surface area contributed by atoms with Gasteiger partial charge in [-0.15, -0.1) is 0 Å². The van der Waals surface area contributed by atoms with Gasteiger partial charge in [0, 0.05) is 26.3 Å². The largest absolute Gasteiger partial charge is 0.328 e. The second kappa shape index (κ2) is 9.48. The molecule has 0 unspecified atom stereocenters. The Morgan fingerprint density at radius 1 is 0.879 bits per heavy atom. The molecule has 3 N–H and O–H groups in total. The molecule has 3 aromatic carbocycles. The van der Waals surface area contributed by atoms with Crippen molar-refractivity contribution in [1.82, 2.24) is 4.68 Å². The second-order valence-corrected chi connectivity index (χ2v) is 8.59. The highest BCUT2D eigenvalue weighted by atomic mass is 79.9. The number of rotatable bonds is 4. The summed E-state index contributed by atoms with van der Waals surface area (Å²) in [5.74, 6) is -2.28. The summed E-state index contributed by atoms with van der Waals surface area (Å²) in [7, 11) is 0. The monoisotopic (exact) mass is 524 g/mol. The van der Waals surface area contributed by atoms with E-state index >= 15 is 0 Å². The van der Waals surface area contributed by atoms with Crippen molar-refractivity contribution in [2.45, 2.75) is 6.92 Å². The van der Waals surface area contributed by atoms with Crippen LogP contribution in [-0.2, 0) is 9.59 Å². The number of fused-ring (bicyclic) bond motifs is 1. The number of aromatic nitrogens is 1. The zero-order chi connectivity index (χ0) is 23.5. The van der Waals surface area contributed by atoms with Crippen molar-refractivity contribution in [2.24, 2.45) is 0 Å². The van der Waals surface area contributed by atoms with Crippen molar-refractivity contribution < 1.29 is 14.4 Å². The zero-order valence-corrected chi connectivity index (χ0v) is 19.7. The van der Waals surface area contributed by atoms with E-state index in [9.17, 15) is 14.4 Å². The van der Waals surface area contributed by atoms with Crippen LogP contribution in [0.2, 0.25) is 5.02 Å². The molecular weight excluding hydrogens is 508 g/mol. The van der Waals surface area contributed by atoms with Crippen LogP contribution >= 0.6 is 27.5 Å². The van der Waals surface area contributed by atoms with Gasteiger partial charge >= 0.3 is 11.8 Å². The van der Waals surface area contributed by atoms with Gasteiger partial charge in [0.15, 0.2) is 0 Å². The lowest BCUT2D eigenvalue weighted by atomic mass is 10.2. The van der Waals surface area contributed by atoms with Crippen molar-refractivity contribution in [2.75, 3.05) is 16.1 Å². The summed E-state index contributed by atoms with van der Waals surface area (Å²) >= 11 is 9.34. The Balaban J connectivity index is 1.64. The second-order valence-electron chi connectivity index (χ2n) is 7.24. The van der Waals surface area contributed by atoms with Crippen LogP contribution in [-0.4, -0.2) is 22.4 Å². The Morgan fingerprint density at radius 3 is 2.42 bits per heavy atom. The molecule has 1 aromatic heterocycles. The molecule has 1 heterocycles. The Morgan fingerprint density at radius 2 is 1.67 bits per heavy atom. The van der Waals surface area contributed by atoms with Gasteiger partial charge in [-0.3, -0.25) is 19.8 Å². The molecule has 0 bridgehead atoms. The Bertz CT molecular complexity index is 1400. The summed E-state index contributed by atoms with van der Waals surface area (Å²) in [4.78, 5) is 38.3. The number of carbonyl (C=O) groups is 3. The summed E-state index contributed by atoms with van der Waals surface area (Å²) in [5.41, 5.74) is 5.15. The van der Waals surface area contributed by atoms with Crippen LogP contribution < -0.4 is 16.1 Å². The molecule has 3 amide bonds. The Labute approximate surface area is 202 Å². The molecule has 0 aliphatic rings.